The Hall–Kier alpha value is -3.58. The number of nitrogens with one attached hydrogen (secondary N) is 1. The van der Waals surface area contributed by atoms with Crippen LogP contribution in [0.2, 0.25) is 0 Å². The standard InChI is InChI=1S/C27H29N5O2/c1-18(2)32-17-22(15-31-32)21-10-20-11-23(29-16-26(20)30-14-21)13-27(33)19-4-3-5-25(12-19)34-24-6-8-28-9-7-24/h3-5,10-12,14-18,24,28H,6-9,13H2,1-2H3. The van der Waals surface area contributed by atoms with Crippen LogP contribution in [0.1, 0.15) is 48.8 Å². The quantitative estimate of drug-likeness (QED) is 0.409. The highest BCUT2D eigenvalue weighted by atomic mass is 16.5. The molecule has 7 heteroatoms. The predicted octanol–water partition coefficient (Wildman–Crippen LogP) is 4.63. The van der Waals surface area contributed by atoms with E-state index in [0.717, 1.165) is 59.4 Å². The predicted molar refractivity (Wildman–Crippen MR) is 132 cm³/mol. The first kappa shape index (κ1) is 22.2. The van der Waals surface area contributed by atoms with Crippen molar-refractivity contribution >= 4 is 16.7 Å². The van der Waals surface area contributed by atoms with Crippen molar-refractivity contribution < 1.29 is 9.53 Å². The second-order valence-electron chi connectivity index (χ2n) is 9.09. The topological polar surface area (TPSA) is 81.9 Å². The molecule has 0 spiro atoms. The molecule has 0 atom stereocenters. The summed E-state index contributed by atoms with van der Waals surface area (Å²) in [5.41, 5.74) is 4.17. The van der Waals surface area contributed by atoms with Crippen molar-refractivity contribution in [3.63, 3.8) is 0 Å². The van der Waals surface area contributed by atoms with Gasteiger partial charge in [0.15, 0.2) is 5.78 Å². The Bertz CT molecular complexity index is 1310. The number of benzene rings is 1. The summed E-state index contributed by atoms with van der Waals surface area (Å²) in [7, 11) is 0. The fourth-order valence-electron chi connectivity index (χ4n) is 4.22. The lowest BCUT2D eigenvalue weighted by Crippen LogP contribution is -2.34. The van der Waals surface area contributed by atoms with Gasteiger partial charge in [0.2, 0.25) is 0 Å². The number of Topliss-reactive ketones (excluding diaryl/α,β-unsaturated/α-hetero) is 1. The molecule has 1 aliphatic rings. The van der Waals surface area contributed by atoms with E-state index in [1.165, 1.54) is 0 Å². The number of hydrogen-bond donors (Lipinski definition) is 1. The number of ether oxygens (including phenoxy) is 1. The van der Waals surface area contributed by atoms with Gasteiger partial charge in [0.25, 0.3) is 0 Å². The van der Waals surface area contributed by atoms with E-state index in [2.05, 4.69) is 40.3 Å². The average Bonchev–Trinajstić information content (AvgIpc) is 3.35. The van der Waals surface area contributed by atoms with E-state index < -0.39 is 0 Å². The Morgan fingerprint density at radius 2 is 1.94 bits per heavy atom. The zero-order chi connectivity index (χ0) is 23.5. The maximum atomic E-state index is 13.0. The molecule has 174 valence electrons. The molecule has 5 rings (SSSR count). The number of carbonyl (C=O) groups excluding carboxylic acids is 1. The first-order chi connectivity index (χ1) is 16.5. The Kier molecular flexibility index (Phi) is 6.36. The highest BCUT2D eigenvalue weighted by Gasteiger charge is 2.16. The van der Waals surface area contributed by atoms with Crippen LogP contribution in [0.4, 0.5) is 0 Å². The van der Waals surface area contributed by atoms with Gasteiger partial charge in [-0.2, -0.15) is 5.10 Å². The Labute approximate surface area is 199 Å². The molecule has 1 saturated heterocycles. The summed E-state index contributed by atoms with van der Waals surface area (Å²) in [6.45, 7) is 6.13. The first-order valence-corrected chi connectivity index (χ1v) is 11.8. The van der Waals surface area contributed by atoms with E-state index in [1.54, 1.807) is 6.20 Å². The minimum Gasteiger partial charge on any atom is -0.490 e. The summed E-state index contributed by atoms with van der Waals surface area (Å²) in [5.74, 6) is 0.768. The van der Waals surface area contributed by atoms with Crippen molar-refractivity contribution in [2.75, 3.05) is 13.1 Å². The van der Waals surface area contributed by atoms with Crippen molar-refractivity contribution in [3.05, 3.63) is 72.4 Å². The molecule has 0 bridgehead atoms. The summed E-state index contributed by atoms with van der Waals surface area (Å²) < 4.78 is 8.03. The minimum atomic E-state index is 0.0185. The Balaban J connectivity index is 1.33. The van der Waals surface area contributed by atoms with Gasteiger partial charge in [0.1, 0.15) is 11.9 Å². The summed E-state index contributed by atoms with van der Waals surface area (Å²) in [5, 5.41) is 8.72. The number of fused-ring (bicyclic) bond motifs is 1. The number of aromatic nitrogens is 4. The van der Waals surface area contributed by atoms with Crippen molar-refractivity contribution in [2.24, 2.45) is 0 Å². The van der Waals surface area contributed by atoms with Crippen molar-refractivity contribution in [1.82, 2.24) is 25.1 Å². The molecular weight excluding hydrogens is 426 g/mol. The fourth-order valence-corrected chi connectivity index (χ4v) is 4.22. The third-order valence-corrected chi connectivity index (χ3v) is 6.17. The van der Waals surface area contributed by atoms with E-state index in [0.29, 0.717) is 11.6 Å². The van der Waals surface area contributed by atoms with Gasteiger partial charge in [-0.1, -0.05) is 12.1 Å². The molecular formula is C27H29N5O2. The number of nitrogens with zero attached hydrogens (tertiary/aromatic N) is 4. The van der Waals surface area contributed by atoms with Crippen molar-refractivity contribution in [2.45, 2.75) is 45.3 Å². The Morgan fingerprint density at radius 3 is 2.74 bits per heavy atom. The smallest absolute Gasteiger partial charge is 0.168 e. The largest absolute Gasteiger partial charge is 0.490 e. The van der Waals surface area contributed by atoms with Crippen LogP contribution < -0.4 is 10.1 Å². The SMILES string of the molecule is CC(C)n1cc(-c2cnc3cnc(CC(=O)c4cccc(OC5CCNCC5)c4)cc3c2)cn1. The lowest BCUT2D eigenvalue weighted by atomic mass is 10.0. The number of piperidine rings is 1. The van der Waals surface area contributed by atoms with E-state index in [9.17, 15) is 4.79 Å². The average molecular weight is 456 g/mol. The number of hydrogen-bond acceptors (Lipinski definition) is 6. The molecule has 0 saturated carbocycles. The van der Waals surface area contributed by atoms with E-state index in [4.69, 9.17) is 4.74 Å². The summed E-state index contributed by atoms with van der Waals surface area (Å²) >= 11 is 0. The van der Waals surface area contributed by atoms with Crippen LogP contribution in [0.15, 0.2) is 61.2 Å². The second-order valence-corrected chi connectivity index (χ2v) is 9.09. The zero-order valence-electron chi connectivity index (χ0n) is 19.6. The van der Waals surface area contributed by atoms with Gasteiger partial charge >= 0.3 is 0 Å². The molecule has 3 aromatic heterocycles. The van der Waals surface area contributed by atoms with Gasteiger partial charge in [-0.15, -0.1) is 0 Å². The zero-order valence-corrected chi connectivity index (χ0v) is 19.6. The lowest BCUT2D eigenvalue weighted by molar-refractivity contribution is 0.0990. The second kappa shape index (κ2) is 9.73. The molecule has 0 amide bonds. The van der Waals surface area contributed by atoms with Crippen LogP contribution in [-0.2, 0) is 6.42 Å². The molecule has 1 N–H and O–H groups in total. The summed E-state index contributed by atoms with van der Waals surface area (Å²) in [6, 6.07) is 11.8. The number of pyridine rings is 2. The fraction of sp³-hybridized carbons (Fsp3) is 0.333. The molecule has 0 aliphatic carbocycles. The molecule has 7 nitrogen and oxygen atoms in total. The monoisotopic (exact) mass is 455 g/mol. The molecule has 0 radical (unpaired) electrons. The third-order valence-electron chi connectivity index (χ3n) is 6.17. The van der Waals surface area contributed by atoms with Gasteiger partial charge in [0.05, 0.1) is 24.3 Å². The van der Waals surface area contributed by atoms with Crippen molar-refractivity contribution in [1.29, 1.82) is 0 Å². The molecule has 34 heavy (non-hydrogen) atoms. The maximum Gasteiger partial charge on any atom is 0.168 e. The number of ketones is 1. The van der Waals surface area contributed by atoms with Gasteiger partial charge in [-0.3, -0.25) is 19.4 Å². The molecule has 1 aromatic carbocycles. The van der Waals surface area contributed by atoms with Gasteiger partial charge < -0.3 is 10.1 Å². The minimum absolute atomic E-state index is 0.0185. The van der Waals surface area contributed by atoms with Crippen molar-refractivity contribution in [3.8, 4) is 16.9 Å². The summed E-state index contributed by atoms with van der Waals surface area (Å²) in [6.07, 6.45) is 9.83. The maximum absolute atomic E-state index is 13.0. The van der Waals surface area contributed by atoms with Crippen LogP contribution in [0.3, 0.4) is 0 Å². The van der Waals surface area contributed by atoms with Crippen LogP contribution in [0, 0.1) is 0 Å². The van der Waals surface area contributed by atoms with Gasteiger partial charge in [0, 0.05) is 46.2 Å². The molecule has 1 fully saturated rings. The Morgan fingerprint density at radius 1 is 1.09 bits per heavy atom. The molecule has 1 aliphatic heterocycles. The highest BCUT2D eigenvalue weighted by Crippen LogP contribution is 2.24. The van der Waals surface area contributed by atoms with E-state index >= 15 is 0 Å². The normalized spacial score (nSPS) is 14.6. The lowest BCUT2D eigenvalue weighted by Gasteiger charge is -2.24. The van der Waals surface area contributed by atoms with Crippen LogP contribution in [0.25, 0.3) is 22.0 Å². The first-order valence-electron chi connectivity index (χ1n) is 11.8. The van der Waals surface area contributed by atoms with Gasteiger partial charge in [-0.25, -0.2) is 0 Å². The number of rotatable bonds is 7. The highest BCUT2D eigenvalue weighted by molar-refractivity contribution is 5.98. The molecule has 4 heterocycles. The van der Waals surface area contributed by atoms with Gasteiger partial charge in [-0.05, 0) is 64.0 Å². The van der Waals surface area contributed by atoms with E-state index in [-0.39, 0.29) is 18.3 Å². The van der Waals surface area contributed by atoms with E-state index in [1.807, 2.05) is 53.6 Å². The van der Waals surface area contributed by atoms with Crippen LogP contribution in [0.5, 0.6) is 5.75 Å². The summed E-state index contributed by atoms with van der Waals surface area (Å²) in [4.78, 5) is 22.0. The third kappa shape index (κ3) is 4.99. The molecule has 4 aromatic rings. The van der Waals surface area contributed by atoms with Crippen LogP contribution >= 0.6 is 0 Å². The molecule has 0 unspecified atom stereocenters. The van der Waals surface area contributed by atoms with Crippen LogP contribution in [-0.4, -0.2) is 44.7 Å². The number of carbonyl (C=O) groups is 1.